The molecule has 2 aliphatic heterocycles. The van der Waals surface area contributed by atoms with Crippen LogP contribution in [0.4, 0.5) is 5.82 Å². The molecule has 1 fully saturated rings. The zero-order chi connectivity index (χ0) is 10.3. The standard InChI is InChI=1S/C11H15N3O.ClH/c12-10-5-8-7-15-11(9(8)6-14-10)1-3-13-4-2-11;/h5-6,13H,1-4,7H2,(H2,12,14);1H. The van der Waals surface area contributed by atoms with Gasteiger partial charge in [0.1, 0.15) is 5.82 Å². The second-order valence-corrected chi connectivity index (χ2v) is 4.30. The molecule has 0 unspecified atom stereocenters. The molecule has 0 aliphatic carbocycles. The molecule has 1 saturated heterocycles. The Bertz CT molecular complexity index is 391. The largest absolute Gasteiger partial charge is 0.384 e. The Morgan fingerprint density at radius 2 is 2.12 bits per heavy atom. The summed E-state index contributed by atoms with van der Waals surface area (Å²) in [6.45, 7) is 2.72. The minimum Gasteiger partial charge on any atom is -0.384 e. The van der Waals surface area contributed by atoms with Crippen LogP contribution in [0, 0.1) is 0 Å². The fourth-order valence-electron chi connectivity index (χ4n) is 2.58. The predicted molar refractivity (Wildman–Crippen MR) is 64.5 cm³/mol. The number of halogens is 1. The van der Waals surface area contributed by atoms with Crippen LogP contribution in [0.2, 0.25) is 0 Å². The molecule has 5 heteroatoms. The van der Waals surface area contributed by atoms with E-state index in [2.05, 4.69) is 10.3 Å². The number of piperidine rings is 1. The molecule has 1 aromatic rings. The van der Waals surface area contributed by atoms with Gasteiger partial charge in [0.25, 0.3) is 0 Å². The van der Waals surface area contributed by atoms with Crippen LogP contribution in [-0.4, -0.2) is 18.1 Å². The molecule has 0 atom stereocenters. The summed E-state index contributed by atoms with van der Waals surface area (Å²) in [7, 11) is 0. The van der Waals surface area contributed by atoms with E-state index in [0.29, 0.717) is 12.4 Å². The molecule has 0 radical (unpaired) electrons. The van der Waals surface area contributed by atoms with Crippen LogP contribution in [0.15, 0.2) is 12.3 Å². The van der Waals surface area contributed by atoms with E-state index < -0.39 is 0 Å². The maximum atomic E-state index is 5.97. The maximum absolute atomic E-state index is 5.97. The van der Waals surface area contributed by atoms with Crippen molar-refractivity contribution in [3.05, 3.63) is 23.4 Å². The molecule has 0 amide bonds. The topological polar surface area (TPSA) is 60.2 Å². The summed E-state index contributed by atoms with van der Waals surface area (Å²) < 4.78 is 5.97. The zero-order valence-electron chi connectivity index (χ0n) is 9.03. The summed E-state index contributed by atoms with van der Waals surface area (Å²) in [6, 6.07) is 1.94. The first-order valence-corrected chi connectivity index (χ1v) is 5.40. The number of aromatic nitrogens is 1. The van der Waals surface area contributed by atoms with Crippen molar-refractivity contribution < 1.29 is 4.74 Å². The highest BCUT2D eigenvalue weighted by atomic mass is 35.5. The first kappa shape index (κ1) is 11.6. The predicted octanol–water partition coefficient (Wildman–Crippen LogP) is 1.19. The average Bonchev–Trinajstić information content (AvgIpc) is 2.58. The van der Waals surface area contributed by atoms with Gasteiger partial charge >= 0.3 is 0 Å². The molecule has 16 heavy (non-hydrogen) atoms. The Balaban J connectivity index is 0.000000963. The van der Waals surface area contributed by atoms with E-state index in [4.69, 9.17) is 10.5 Å². The number of pyridine rings is 1. The third kappa shape index (κ3) is 1.67. The molecule has 0 saturated carbocycles. The number of fused-ring (bicyclic) bond motifs is 2. The lowest BCUT2D eigenvalue weighted by Gasteiger charge is -2.33. The molecule has 88 valence electrons. The lowest BCUT2D eigenvalue weighted by molar-refractivity contribution is -0.0591. The van der Waals surface area contributed by atoms with Crippen LogP contribution in [0.3, 0.4) is 0 Å². The van der Waals surface area contributed by atoms with Crippen molar-refractivity contribution in [2.24, 2.45) is 0 Å². The second kappa shape index (κ2) is 4.20. The molecule has 1 aromatic heterocycles. The highest BCUT2D eigenvalue weighted by molar-refractivity contribution is 5.85. The van der Waals surface area contributed by atoms with Gasteiger partial charge in [-0.15, -0.1) is 12.4 Å². The summed E-state index contributed by atoms with van der Waals surface area (Å²) >= 11 is 0. The fourth-order valence-corrected chi connectivity index (χ4v) is 2.58. The highest BCUT2D eigenvalue weighted by Crippen LogP contribution is 2.42. The van der Waals surface area contributed by atoms with Crippen molar-refractivity contribution in [1.82, 2.24) is 10.3 Å². The summed E-state index contributed by atoms with van der Waals surface area (Å²) in [5, 5.41) is 3.35. The Morgan fingerprint density at radius 3 is 2.88 bits per heavy atom. The quantitative estimate of drug-likeness (QED) is 0.717. The minimum atomic E-state index is -0.0821. The molecule has 1 spiro atoms. The van der Waals surface area contributed by atoms with Gasteiger partial charge < -0.3 is 15.8 Å². The van der Waals surface area contributed by atoms with Crippen molar-refractivity contribution in [2.45, 2.75) is 25.0 Å². The molecule has 2 aliphatic rings. The Morgan fingerprint density at radius 1 is 1.38 bits per heavy atom. The average molecular weight is 242 g/mol. The van der Waals surface area contributed by atoms with Gasteiger partial charge in [0.15, 0.2) is 0 Å². The lowest BCUT2D eigenvalue weighted by atomic mass is 9.85. The van der Waals surface area contributed by atoms with Crippen molar-refractivity contribution in [3.63, 3.8) is 0 Å². The fraction of sp³-hybridized carbons (Fsp3) is 0.545. The SMILES string of the molecule is Cl.Nc1cc2c(cn1)C1(CCNCC1)OC2. The lowest BCUT2D eigenvalue weighted by Crippen LogP contribution is -2.39. The molecule has 3 rings (SSSR count). The number of anilines is 1. The second-order valence-electron chi connectivity index (χ2n) is 4.30. The third-order valence-electron chi connectivity index (χ3n) is 3.42. The Hall–Kier alpha value is -0.840. The van der Waals surface area contributed by atoms with E-state index in [1.807, 2.05) is 12.3 Å². The van der Waals surface area contributed by atoms with Crippen molar-refractivity contribution >= 4 is 18.2 Å². The van der Waals surface area contributed by atoms with E-state index in [-0.39, 0.29) is 18.0 Å². The maximum Gasteiger partial charge on any atom is 0.123 e. The van der Waals surface area contributed by atoms with E-state index in [1.54, 1.807) is 0 Å². The van der Waals surface area contributed by atoms with E-state index >= 15 is 0 Å². The van der Waals surface area contributed by atoms with Gasteiger partial charge in [0.05, 0.1) is 12.2 Å². The van der Waals surface area contributed by atoms with Crippen LogP contribution in [0.1, 0.15) is 24.0 Å². The van der Waals surface area contributed by atoms with Crippen LogP contribution in [-0.2, 0) is 16.9 Å². The molecular formula is C11H16ClN3O. The van der Waals surface area contributed by atoms with E-state index in [0.717, 1.165) is 25.9 Å². The minimum absolute atomic E-state index is 0. The van der Waals surface area contributed by atoms with Crippen molar-refractivity contribution in [2.75, 3.05) is 18.8 Å². The van der Waals surface area contributed by atoms with Gasteiger partial charge in [0, 0.05) is 11.8 Å². The molecule has 4 nitrogen and oxygen atoms in total. The number of ether oxygens (including phenoxy) is 1. The molecule has 0 aromatic carbocycles. The van der Waals surface area contributed by atoms with Gasteiger partial charge in [-0.3, -0.25) is 0 Å². The summed E-state index contributed by atoms with van der Waals surface area (Å²) in [5.41, 5.74) is 8.05. The highest BCUT2D eigenvalue weighted by Gasteiger charge is 2.41. The van der Waals surface area contributed by atoms with Gasteiger partial charge in [-0.25, -0.2) is 4.98 Å². The summed E-state index contributed by atoms with van der Waals surface area (Å²) in [4.78, 5) is 4.18. The van der Waals surface area contributed by atoms with Crippen LogP contribution in [0.5, 0.6) is 0 Å². The number of nitrogen functional groups attached to an aromatic ring is 1. The third-order valence-corrected chi connectivity index (χ3v) is 3.42. The number of nitrogens with zero attached hydrogens (tertiary/aromatic N) is 1. The first-order valence-electron chi connectivity index (χ1n) is 5.40. The Labute approximate surface area is 101 Å². The van der Waals surface area contributed by atoms with Gasteiger partial charge in [-0.2, -0.15) is 0 Å². The van der Waals surface area contributed by atoms with E-state index in [9.17, 15) is 0 Å². The van der Waals surface area contributed by atoms with Crippen LogP contribution in [0.25, 0.3) is 0 Å². The monoisotopic (exact) mass is 241 g/mol. The first-order chi connectivity index (χ1) is 7.30. The van der Waals surface area contributed by atoms with Gasteiger partial charge in [0.2, 0.25) is 0 Å². The number of hydrogen-bond donors (Lipinski definition) is 2. The molecule has 3 heterocycles. The Kier molecular flexibility index (Phi) is 3.06. The normalized spacial score (nSPS) is 21.5. The summed E-state index contributed by atoms with van der Waals surface area (Å²) in [6.07, 6.45) is 3.96. The van der Waals surface area contributed by atoms with Crippen LogP contribution < -0.4 is 11.1 Å². The number of nitrogens with one attached hydrogen (secondary N) is 1. The molecular weight excluding hydrogens is 226 g/mol. The molecule has 3 N–H and O–H groups in total. The number of rotatable bonds is 0. The van der Waals surface area contributed by atoms with Crippen molar-refractivity contribution in [3.8, 4) is 0 Å². The van der Waals surface area contributed by atoms with Crippen LogP contribution >= 0.6 is 12.4 Å². The zero-order valence-corrected chi connectivity index (χ0v) is 9.85. The smallest absolute Gasteiger partial charge is 0.123 e. The molecule has 0 bridgehead atoms. The van der Waals surface area contributed by atoms with Gasteiger partial charge in [-0.05, 0) is 37.6 Å². The van der Waals surface area contributed by atoms with Gasteiger partial charge in [-0.1, -0.05) is 0 Å². The summed E-state index contributed by atoms with van der Waals surface area (Å²) in [5.74, 6) is 0.586. The van der Waals surface area contributed by atoms with E-state index in [1.165, 1.54) is 11.1 Å². The number of hydrogen-bond acceptors (Lipinski definition) is 4. The van der Waals surface area contributed by atoms with Crippen molar-refractivity contribution in [1.29, 1.82) is 0 Å². The number of nitrogens with two attached hydrogens (primary N) is 1.